The van der Waals surface area contributed by atoms with E-state index in [1.807, 2.05) is 24.3 Å². The van der Waals surface area contributed by atoms with Crippen molar-refractivity contribution in [1.29, 1.82) is 0 Å². The number of hydrogen-bond acceptors (Lipinski definition) is 3. The van der Waals surface area contributed by atoms with Crippen LogP contribution in [0.1, 0.15) is 19.8 Å². The number of ether oxygens (including phenoxy) is 3. The van der Waals surface area contributed by atoms with E-state index in [1.165, 1.54) is 12.8 Å². The molecule has 1 unspecified atom stereocenters. The molecule has 0 bridgehead atoms. The summed E-state index contributed by atoms with van der Waals surface area (Å²) < 4.78 is 18.7. The van der Waals surface area contributed by atoms with E-state index in [2.05, 4.69) is 22.9 Å². The fourth-order valence-corrected chi connectivity index (χ4v) is 2.82. The Bertz CT molecular complexity index is 430. The third-order valence-corrected chi connectivity index (χ3v) is 4.35. The monoisotopic (exact) mass is 326 g/mol. The second kappa shape index (κ2) is 5.43. The highest BCUT2D eigenvalue weighted by atomic mass is 79.9. The molecule has 3 nitrogen and oxygen atoms in total. The summed E-state index contributed by atoms with van der Waals surface area (Å²) in [5, 5.41) is 0. The summed E-state index contributed by atoms with van der Waals surface area (Å²) >= 11 is 3.41. The highest BCUT2D eigenvalue weighted by Gasteiger charge is 2.46. The lowest BCUT2D eigenvalue weighted by molar-refractivity contribution is -0.206. The molecule has 2 fully saturated rings. The summed E-state index contributed by atoms with van der Waals surface area (Å²) in [6.07, 6.45) is 2.56. The molecule has 1 heterocycles. The summed E-state index contributed by atoms with van der Waals surface area (Å²) in [7, 11) is 0. The molecule has 0 radical (unpaired) electrons. The number of rotatable bonds is 4. The van der Waals surface area contributed by atoms with Gasteiger partial charge in [0.25, 0.3) is 0 Å². The van der Waals surface area contributed by atoms with Crippen molar-refractivity contribution in [3.05, 3.63) is 28.7 Å². The van der Waals surface area contributed by atoms with Gasteiger partial charge in [-0.25, -0.2) is 0 Å². The van der Waals surface area contributed by atoms with Gasteiger partial charge < -0.3 is 14.2 Å². The average molecular weight is 327 g/mol. The van der Waals surface area contributed by atoms with Crippen LogP contribution in [0, 0.1) is 5.92 Å². The van der Waals surface area contributed by atoms with Crippen LogP contribution in [-0.4, -0.2) is 31.5 Å². The molecule has 1 saturated carbocycles. The largest absolute Gasteiger partial charge is 0.491 e. The first-order chi connectivity index (χ1) is 9.16. The van der Waals surface area contributed by atoms with Crippen molar-refractivity contribution in [2.45, 2.75) is 31.5 Å². The van der Waals surface area contributed by atoms with Crippen LogP contribution in [0.5, 0.6) is 5.75 Å². The Morgan fingerprint density at radius 2 is 2.05 bits per heavy atom. The number of hydrogen-bond donors (Lipinski definition) is 0. The molecule has 104 valence electrons. The first-order valence-electron chi connectivity index (χ1n) is 6.80. The van der Waals surface area contributed by atoms with Gasteiger partial charge in [-0.05, 0) is 49.9 Å². The maximum absolute atomic E-state index is 6.18. The van der Waals surface area contributed by atoms with Crippen LogP contribution in [0.3, 0.4) is 0 Å². The van der Waals surface area contributed by atoms with E-state index < -0.39 is 0 Å². The molecule has 1 saturated heterocycles. The Kier molecular flexibility index (Phi) is 3.83. The van der Waals surface area contributed by atoms with Crippen molar-refractivity contribution in [3.63, 3.8) is 0 Å². The van der Waals surface area contributed by atoms with Crippen molar-refractivity contribution in [2.24, 2.45) is 5.92 Å². The molecule has 2 atom stereocenters. The van der Waals surface area contributed by atoms with Crippen molar-refractivity contribution >= 4 is 15.9 Å². The lowest BCUT2D eigenvalue weighted by Crippen LogP contribution is -2.48. The Labute approximate surface area is 122 Å². The predicted molar refractivity (Wildman–Crippen MR) is 76.5 cm³/mol. The molecule has 0 N–H and O–H groups in total. The smallest absolute Gasteiger partial charge is 0.119 e. The third-order valence-electron chi connectivity index (χ3n) is 3.82. The zero-order valence-corrected chi connectivity index (χ0v) is 12.7. The second-order valence-corrected chi connectivity index (χ2v) is 6.52. The maximum atomic E-state index is 6.18. The molecule has 19 heavy (non-hydrogen) atoms. The van der Waals surface area contributed by atoms with Gasteiger partial charge in [0.15, 0.2) is 0 Å². The summed E-state index contributed by atoms with van der Waals surface area (Å²) in [6.45, 7) is 4.05. The molecule has 0 aromatic heterocycles. The van der Waals surface area contributed by atoms with Gasteiger partial charge in [-0.15, -0.1) is 0 Å². The van der Waals surface area contributed by atoms with Crippen LogP contribution in [-0.2, 0) is 9.47 Å². The summed E-state index contributed by atoms with van der Waals surface area (Å²) in [5.41, 5.74) is -0.105. The van der Waals surface area contributed by atoms with Crippen LogP contribution in [0.15, 0.2) is 28.7 Å². The van der Waals surface area contributed by atoms with E-state index in [4.69, 9.17) is 14.2 Å². The van der Waals surface area contributed by atoms with Gasteiger partial charge in [0, 0.05) is 4.47 Å². The number of benzene rings is 1. The molecule has 2 aliphatic rings. The first kappa shape index (κ1) is 13.4. The van der Waals surface area contributed by atoms with Crippen molar-refractivity contribution in [2.75, 3.05) is 19.8 Å². The quantitative estimate of drug-likeness (QED) is 0.848. The lowest BCUT2D eigenvalue weighted by Gasteiger charge is -2.38. The van der Waals surface area contributed by atoms with E-state index in [0.29, 0.717) is 25.7 Å². The van der Waals surface area contributed by atoms with Crippen LogP contribution in [0.4, 0.5) is 0 Å². The zero-order chi connectivity index (χ0) is 13.3. The molecule has 4 heteroatoms. The predicted octanol–water partition coefficient (Wildman–Crippen LogP) is 3.41. The van der Waals surface area contributed by atoms with E-state index in [0.717, 1.165) is 10.2 Å². The van der Waals surface area contributed by atoms with Crippen molar-refractivity contribution < 1.29 is 14.2 Å². The van der Waals surface area contributed by atoms with Crippen molar-refractivity contribution in [3.8, 4) is 5.75 Å². The van der Waals surface area contributed by atoms with Gasteiger partial charge in [0.05, 0.1) is 18.8 Å². The van der Waals surface area contributed by atoms with Gasteiger partial charge in [-0.2, -0.15) is 0 Å². The molecule has 1 aromatic rings. The Morgan fingerprint density at radius 1 is 1.32 bits per heavy atom. The third kappa shape index (κ3) is 3.30. The van der Waals surface area contributed by atoms with Gasteiger partial charge in [-0.3, -0.25) is 0 Å². The highest BCUT2D eigenvalue weighted by molar-refractivity contribution is 9.10. The molecule has 0 spiro atoms. The topological polar surface area (TPSA) is 27.7 Å². The minimum atomic E-state index is -0.105. The van der Waals surface area contributed by atoms with E-state index >= 15 is 0 Å². The van der Waals surface area contributed by atoms with E-state index in [-0.39, 0.29) is 11.7 Å². The van der Waals surface area contributed by atoms with Crippen LogP contribution >= 0.6 is 15.9 Å². The summed E-state index contributed by atoms with van der Waals surface area (Å²) in [6, 6.07) is 7.85. The summed E-state index contributed by atoms with van der Waals surface area (Å²) in [5.74, 6) is 1.54. The average Bonchev–Trinajstić information content (AvgIpc) is 3.23. The Morgan fingerprint density at radius 3 is 2.74 bits per heavy atom. The molecular weight excluding hydrogens is 308 g/mol. The summed E-state index contributed by atoms with van der Waals surface area (Å²) in [4.78, 5) is 0. The normalized spacial score (nSPS) is 31.2. The minimum Gasteiger partial charge on any atom is -0.491 e. The van der Waals surface area contributed by atoms with E-state index in [9.17, 15) is 0 Å². The molecule has 1 aliphatic carbocycles. The van der Waals surface area contributed by atoms with Crippen LogP contribution < -0.4 is 4.74 Å². The second-order valence-electron chi connectivity index (χ2n) is 5.61. The Hall–Kier alpha value is -0.580. The lowest BCUT2D eigenvalue weighted by atomic mass is 10.00. The van der Waals surface area contributed by atoms with Gasteiger partial charge >= 0.3 is 0 Å². The number of halogens is 1. The fourth-order valence-electron chi connectivity index (χ4n) is 2.55. The molecular formula is C15H19BrO3. The minimum absolute atomic E-state index is 0.0306. The molecule has 1 aliphatic heterocycles. The molecule has 3 rings (SSSR count). The van der Waals surface area contributed by atoms with Crippen LogP contribution in [0.2, 0.25) is 0 Å². The standard InChI is InChI=1S/C15H19BrO3/c1-15(11-2-3-11)10-17-8-14(19-15)9-18-13-6-4-12(16)5-7-13/h4-7,11,14H,2-3,8-10H2,1H3/t14?,15-/m1/s1. The van der Waals surface area contributed by atoms with Crippen molar-refractivity contribution in [1.82, 2.24) is 0 Å². The zero-order valence-electron chi connectivity index (χ0n) is 11.1. The van der Waals surface area contributed by atoms with Gasteiger partial charge in [0.1, 0.15) is 18.5 Å². The maximum Gasteiger partial charge on any atom is 0.119 e. The highest BCUT2D eigenvalue weighted by Crippen LogP contribution is 2.43. The Balaban J connectivity index is 1.53. The van der Waals surface area contributed by atoms with Gasteiger partial charge in [0.2, 0.25) is 0 Å². The molecule has 1 aromatic carbocycles. The molecule has 0 amide bonds. The first-order valence-corrected chi connectivity index (χ1v) is 7.59. The fraction of sp³-hybridized carbons (Fsp3) is 0.600. The van der Waals surface area contributed by atoms with Crippen LogP contribution in [0.25, 0.3) is 0 Å². The van der Waals surface area contributed by atoms with Gasteiger partial charge in [-0.1, -0.05) is 15.9 Å². The SMILES string of the molecule is C[C@]1(C2CC2)COCC(COc2ccc(Br)cc2)O1. The van der Waals surface area contributed by atoms with E-state index in [1.54, 1.807) is 0 Å².